The first-order valence-electron chi connectivity index (χ1n) is 6.20. The van der Waals surface area contributed by atoms with Crippen LogP contribution >= 0.6 is 0 Å². The van der Waals surface area contributed by atoms with Gasteiger partial charge in [-0.25, -0.2) is 4.98 Å². The fourth-order valence-corrected chi connectivity index (χ4v) is 1.94. The molecule has 1 N–H and O–H groups in total. The Hall–Kier alpha value is -2.10. The Bertz CT molecular complexity index is 543. The van der Waals surface area contributed by atoms with Gasteiger partial charge >= 0.3 is 0 Å². The molecule has 3 rings (SSSR count). The van der Waals surface area contributed by atoms with E-state index in [1.54, 1.807) is 6.20 Å². The Morgan fingerprint density at radius 2 is 2.11 bits per heavy atom. The lowest BCUT2D eigenvalue weighted by atomic mass is 10.3. The molecule has 4 heteroatoms. The summed E-state index contributed by atoms with van der Waals surface area (Å²) in [5, 5.41) is 2.93. The maximum absolute atomic E-state index is 11.6. The summed E-state index contributed by atoms with van der Waals surface area (Å²) in [5.41, 5.74) is 1.06. The summed E-state index contributed by atoms with van der Waals surface area (Å²) in [6.45, 7) is 0.483. The third-order valence-corrected chi connectivity index (χ3v) is 3.12. The molecule has 18 heavy (non-hydrogen) atoms. The van der Waals surface area contributed by atoms with Gasteiger partial charge in [0.05, 0.1) is 6.54 Å². The minimum atomic E-state index is 0.151. The van der Waals surface area contributed by atoms with Gasteiger partial charge in [-0.15, -0.1) is 0 Å². The highest BCUT2D eigenvalue weighted by Gasteiger charge is 2.29. The van der Waals surface area contributed by atoms with Crippen LogP contribution < -0.4 is 5.32 Å². The lowest BCUT2D eigenvalue weighted by Gasteiger charge is -2.08. The van der Waals surface area contributed by atoms with E-state index >= 15 is 0 Å². The van der Waals surface area contributed by atoms with Gasteiger partial charge in [-0.05, 0) is 25.0 Å². The molecule has 0 aliphatic heterocycles. The van der Waals surface area contributed by atoms with E-state index < -0.39 is 0 Å². The second-order valence-corrected chi connectivity index (χ2v) is 4.54. The third kappa shape index (κ3) is 2.27. The van der Waals surface area contributed by atoms with Gasteiger partial charge in [0, 0.05) is 24.0 Å². The Labute approximate surface area is 106 Å². The van der Waals surface area contributed by atoms with Crippen LogP contribution in [0.5, 0.6) is 0 Å². The number of para-hydroxylation sites is 1. The maximum atomic E-state index is 11.6. The van der Waals surface area contributed by atoms with Gasteiger partial charge < -0.3 is 9.88 Å². The minimum Gasteiger partial charge on any atom is -0.349 e. The standard InChI is InChI=1S/C14H15N3O/c18-14(11-6-7-11)16-10-13-15-8-9-17(13)12-4-2-1-3-5-12/h1-5,8-9,11H,6-7,10H2,(H,16,18). The number of hydrogen-bond donors (Lipinski definition) is 1. The van der Waals surface area contributed by atoms with Gasteiger partial charge in [0.25, 0.3) is 0 Å². The molecule has 0 saturated heterocycles. The van der Waals surface area contributed by atoms with Crippen molar-refractivity contribution in [1.82, 2.24) is 14.9 Å². The molecule has 0 bridgehead atoms. The second-order valence-electron chi connectivity index (χ2n) is 4.54. The van der Waals surface area contributed by atoms with E-state index in [1.165, 1.54) is 0 Å². The number of nitrogens with zero attached hydrogens (tertiary/aromatic N) is 2. The van der Waals surface area contributed by atoms with Crippen molar-refractivity contribution in [3.8, 4) is 5.69 Å². The Morgan fingerprint density at radius 1 is 1.33 bits per heavy atom. The topological polar surface area (TPSA) is 46.9 Å². The van der Waals surface area contributed by atoms with Crippen LogP contribution in [0.4, 0.5) is 0 Å². The van der Waals surface area contributed by atoms with Crippen molar-refractivity contribution in [1.29, 1.82) is 0 Å². The maximum Gasteiger partial charge on any atom is 0.223 e. The lowest BCUT2D eigenvalue weighted by molar-refractivity contribution is -0.122. The first-order chi connectivity index (χ1) is 8.84. The highest BCUT2D eigenvalue weighted by Crippen LogP contribution is 2.28. The van der Waals surface area contributed by atoms with Crippen LogP contribution in [0.3, 0.4) is 0 Å². The molecule has 1 fully saturated rings. The predicted molar refractivity (Wildman–Crippen MR) is 68.1 cm³/mol. The molecule has 4 nitrogen and oxygen atoms in total. The van der Waals surface area contributed by atoms with Crippen LogP contribution in [0.1, 0.15) is 18.7 Å². The zero-order valence-electron chi connectivity index (χ0n) is 10.0. The number of hydrogen-bond acceptors (Lipinski definition) is 2. The molecule has 1 amide bonds. The molecule has 1 aromatic carbocycles. The smallest absolute Gasteiger partial charge is 0.223 e. The molecule has 0 spiro atoms. The average molecular weight is 241 g/mol. The zero-order chi connectivity index (χ0) is 12.4. The summed E-state index contributed by atoms with van der Waals surface area (Å²) in [4.78, 5) is 15.9. The zero-order valence-corrected chi connectivity index (χ0v) is 10.0. The quantitative estimate of drug-likeness (QED) is 0.888. The number of aromatic nitrogens is 2. The van der Waals surface area contributed by atoms with Gasteiger partial charge in [-0.2, -0.15) is 0 Å². The first-order valence-corrected chi connectivity index (χ1v) is 6.20. The van der Waals surface area contributed by atoms with Gasteiger partial charge in [0.15, 0.2) is 0 Å². The fraction of sp³-hybridized carbons (Fsp3) is 0.286. The summed E-state index contributed by atoms with van der Waals surface area (Å²) in [7, 11) is 0. The van der Waals surface area contributed by atoms with Crippen molar-refractivity contribution in [2.75, 3.05) is 0 Å². The Kier molecular flexibility index (Phi) is 2.84. The van der Waals surface area contributed by atoms with E-state index in [0.717, 1.165) is 24.4 Å². The molecule has 1 aromatic heterocycles. The number of carbonyl (C=O) groups excluding carboxylic acids is 1. The number of rotatable bonds is 4. The van der Waals surface area contributed by atoms with Gasteiger partial charge in [0.1, 0.15) is 5.82 Å². The number of benzene rings is 1. The van der Waals surface area contributed by atoms with Gasteiger partial charge in [-0.3, -0.25) is 4.79 Å². The van der Waals surface area contributed by atoms with Crippen molar-refractivity contribution in [3.05, 3.63) is 48.5 Å². The molecule has 1 saturated carbocycles. The monoisotopic (exact) mass is 241 g/mol. The summed E-state index contributed by atoms with van der Waals surface area (Å²) in [6.07, 6.45) is 5.72. The molecule has 0 unspecified atom stereocenters. The molecule has 0 radical (unpaired) electrons. The van der Waals surface area contributed by atoms with Crippen molar-refractivity contribution in [3.63, 3.8) is 0 Å². The number of imidazole rings is 1. The van der Waals surface area contributed by atoms with E-state index in [9.17, 15) is 4.79 Å². The summed E-state index contributed by atoms with van der Waals surface area (Å²) in [6, 6.07) is 10.0. The molecular weight excluding hydrogens is 226 g/mol. The molecule has 1 heterocycles. The van der Waals surface area contributed by atoms with Gasteiger partial charge in [-0.1, -0.05) is 18.2 Å². The van der Waals surface area contributed by atoms with E-state index in [4.69, 9.17) is 0 Å². The first kappa shape index (κ1) is 11.0. The number of carbonyl (C=O) groups is 1. The van der Waals surface area contributed by atoms with Gasteiger partial charge in [0.2, 0.25) is 5.91 Å². The summed E-state index contributed by atoms with van der Waals surface area (Å²) >= 11 is 0. The average Bonchev–Trinajstić information content (AvgIpc) is 3.16. The van der Waals surface area contributed by atoms with Crippen LogP contribution in [-0.4, -0.2) is 15.5 Å². The third-order valence-electron chi connectivity index (χ3n) is 3.12. The molecule has 0 atom stereocenters. The normalized spacial score (nSPS) is 14.4. The van der Waals surface area contributed by atoms with Crippen molar-refractivity contribution in [2.45, 2.75) is 19.4 Å². The lowest BCUT2D eigenvalue weighted by Crippen LogP contribution is -2.25. The van der Waals surface area contributed by atoms with E-state index in [-0.39, 0.29) is 11.8 Å². The molecule has 2 aromatic rings. The van der Waals surface area contributed by atoms with E-state index in [2.05, 4.69) is 10.3 Å². The van der Waals surface area contributed by atoms with Crippen molar-refractivity contribution < 1.29 is 4.79 Å². The predicted octanol–water partition coefficient (Wildman–Crippen LogP) is 1.90. The summed E-state index contributed by atoms with van der Waals surface area (Å²) < 4.78 is 1.99. The summed E-state index contributed by atoms with van der Waals surface area (Å²) in [5.74, 6) is 1.25. The van der Waals surface area contributed by atoms with Crippen LogP contribution in [0.15, 0.2) is 42.7 Å². The number of amides is 1. The minimum absolute atomic E-state index is 0.151. The highest BCUT2D eigenvalue weighted by atomic mass is 16.2. The molecular formula is C14H15N3O. The number of nitrogens with one attached hydrogen (secondary N) is 1. The SMILES string of the molecule is O=C(NCc1nccn1-c1ccccc1)C1CC1. The van der Waals surface area contributed by atoms with Crippen LogP contribution in [0, 0.1) is 5.92 Å². The van der Waals surface area contributed by atoms with Crippen molar-refractivity contribution >= 4 is 5.91 Å². The molecule has 92 valence electrons. The van der Waals surface area contributed by atoms with Crippen LogP contribution in [0.25, 0.3) is 5.69 Å². The molecule has 1 aliphatic rings. The highest BCUT2D eigenvalue weighted by molar-refractivity contribution is 5.80. The van der Waals surface area contributed by atoms with Crippen LogP contribution in [-0.2, 0) is 11.3 Å². The molecule has 1 aliphatic carbocycles. The van der Waals surface area contributed by atoms with E-state index in [0.29, 0.717) is 6.54 Å². The largest absolute Gasteiger partial charge is 0.349 e. The van der Waals surface area contributed by atoms with E-state index in [1.807, 2.05) is 41.1 Å². The van der Waals surface area contributed by atoms with Crippen molar-refractivity contribution in [2.24, 2.45) is 5.92 Å². The second kappa shape index (κ2) is 4.64. The fourth-order valence-electron chi connectivity index (χ4n) is 1.94. The van der Waals surface area contributed by atoms with Crippen LogP contribution in [0.2, 0.25) is 0 Å². The Morgan fingerprint density at radius 3 is 2.83 bits per heavy atom. The Balaban J connectivity index is 1.73.